The Morgan fingerprint density at radius 2 is 2.04 bits per heavy atom. The molecule has 0 unspecified atom stereocenters. The van der Waals surface area contributed by atoms with Gasteiger partial charge in [-0.25, -0.2) is 14.4 Å². The number of nitrogens with zero attached hydrogens (tertiary/aromatic N) is 3. The molecule has 2 aromatic heterocycles. The smallest absolute Gasteiger partial charge is 0.229 e. The Kier molecular flexibility index (Phi) is 4.66. The van der Waals surface area contributed by atoms with Crippen molar-refractivity contribution in [2.75, 3.05) is 13.1 Å². The van der Waals surface area contributed by atoms with Crippen molar-refractivity contribution in [3.8, 4) is 17.5 Å². The predicted molar refractivity (Wildman–Crippen MR) is 82.6 cm³/mol. The third-order valence-corrected chi connectivity index (χ3v) is 3.77. The monoisotopic (exact) mass is 318 g/mol. The third-order valence-electron chi connectivity index (χ3n) is 3.77. The van der Waals surface area contributed by atoms with E-state index < -0.39 is 12.3 Å². The average molecular weight is 318 g/mol. The van der Waals surface area contributed by atoms with Gasteiger partial charge < -0.3 is 14.8 Å². The van der Waals surface area contributed by atoms with E-state index in [2.05, 4.69) is 20.3 Å². The molecule has 0 spiro atoms. The Balaban J connectivity index is 1.79. The van der Waals surface area contributed by atoms with Gasteiger partial charge in [-0.3, -0.25) is 4.98 Å². The zero-order chi connectivity index (χ0) is 16.2. The van der Waals surface area contributed by atoms with Crippen molar-refractivity contribution in [1.82, 2.24) is 20.3 Å². The summed E-state index contributed by atoms with van der Waals surface area (Å²) in [7, 11) is 0. The summed E-state index contributed by atoms with van der Waals surface area (Å²) >= 11 is 0. The molecule has 0 bridgehead atoms. The summed E-state index contributed by atoms with van der Waals surface area (Å²) in [6.45, 7) is 4.68. The van der Waals surface area contributed by atoms with Crippen LogP contribution in [0, 0.1) is 13.8 Å². The largest absolute Gasteiger partial charge is 0.471 e. The second-order valence-electron chi connectivity index (χ2n) is 5.46. The molecule has 3 rings (SSSR count). The van der Waals surface area contributed by atoms with Crippen molar-refractivity contribution < 1.29 is 13.9 Å². The highest BCUT2D eigenvalue weighted by molar-refractivity contribution is 5.37. The van der Waals surface area contributed by atoms with E-state index >= 15 is 0 Å². The van der Waals surface area contributed by atoms with E-state index in [4.69, 9.17) is 9.47 Å². The van der Waals surface area contributed by atoms with Crippen LogP contribution in [0.1, 0.15) is 17.7 Å². The van der Waals surface area contributed by atoms with Crippen LogP contribution >= 0.6 is 0 Å². The molecular weight excluding hydrogens is 299 g/mol. The highest BCUT2D eigenvalue weighted by Crippen LogP contribution is 2.29. The van der Waals surface area contributed by atoms with E-state index in [0.29, 0.717) is 36.0 Å². The van der Waals surface area contributed by atoms with Crippen molar-refractivity contribution in [2.45, 2.75) is 32.5 Å². The van der Waals surface area contributed by atoms with Crippen LogP contribution in [-0.4, -0.2) is 40.3 Å². The molecule has 1 saturated heterocycles. The highest BCUT2D eigenvalue weighted by Gasteiger charge is 2.27. The number of aromatic nitrogens is 3. The predicted octanol–water partition coefficient (Wildman–Crippen LogP) is 2.36. The topological polar surface area (TPSA) is 69.2 Å². The summed E-state index contributed by atoms with van der Waals surface area (Å²) in [5, 5.41) is 3.00. The van der Waals surface area contributed by atoms with Crippen LogP contribution in [0.15, 0.2) is 24.7 Å². The fraction of sp³-hybridized carbons (Fsp3) is 0.438. The minimum Gasteiger partial charge on any atom is -0.471 e. The van der Waals surface area contributed by atoms with Gasteiger partial charge in [0.15, 0.2) is 5.75 Å². The van der Waals surface area contributed by atoms with Gasteiger partial charge in [0.2, 0.25) is 11.8 Å². The molecule has 0 aromatic carbocycles. The molecule has 23 heavy (non-hydrogen) atoms. The van der Waals surface area contributed by atoms with Crippen molar-refractivity contribution in [2.24, 2.45) is 0 Å². The minimum atomic E-state index is -1.05. The van der Waals surface area contributed by atoms with Crippen molar-refractivity contribution in [1.29, 1.82) is 0 Å². The standard InChI is InChI=1S/C16H19FN4O2/c1-10-15(22-13-4-3-6-19-11(13)2)20-9-21-16(10)23-14-5-7-18-8-12(14)17/h3-4,6,9,12,14,18H,5,7-8H2,1-2H3/t12-,14-/m1/s1. The molecule has 3 heterocycles. The molecule has 1 aliphatic heterocycles. The van der Waals surface area contributed by atoms with Gasteiger partial charge in [-0.05, 0) is 38.9 Å². The molecule has 1 fully saturated rings. The Labute approximate surface area is 134 Å². The first-order chi connectivity index (χ1) is 11.1. The van der Waals surface area contributed by atoms with E-state index in [1.54, 1.807) is 19.2 Å². The summed E-state index contributed by atoms with van der Waals surface area (Å²) in [5.74, 6) is 1.35. The molecular formula is C16H19FN4O2. The lowest BCUT2D eigenvalue weighted by atomic mass is 10.1. The van der Waals surface area contributed by atoms with Crippen LogP contribution < -0.4 is 14.8 Å². The summed E-state index contributed by atoms with van der Waals surface area (Å²) < 4.78 is 25.4. The van der Waals surface area contributed by atoms with E-state index in [1.165, 1.54) is 6.33 Å². The molecule has 6 nitrogen and oxygen atoms in total. The second-order valence-corrected chi connectivity index (χ2v) is 5.46. The van der Waals surface area contributed by atoms with Gasteiger partial charge in [-0.1, -0.05) is 0 Å². The Morgan fingerprint density at radius 3 is 2.83 bits per heavy atom. The van der Waals surface area contributed by atoms with Crippen LogP contribution in [0.4, 0.5) is 4.39 Å². The quantitative estimate of drug-likeness (QED) is 0.933. The zero-order valence-electron chi connectivity index (χ0n) is 13.1. The maximum absolute atomic E-state index is 13.9. The number of aryl methyl sites for hydroxylation is 1. The summed E-state index contributed by atoms with van der Waals surface area (Å²) in [6.07, 6.45) is 2.10. The number of piperidine rings is 1. The lowest BCUT2D eigenvalue weighted by Gasteiger charge is -2.27. The van der Waals surface area contributed by atoms with Crippen molar-refractivity contribution in [3.05, 3.63) is 35.9 Å². The summed E-state index contributed by atoms with van der Waals surface area (Å²) in [6, 6.07) is 3.60. The number of nitrogens with one attached hydrogen (secondary N) is 1. The third kappa shape index (κ3) is 3.56. The van der Waals surface area contributed by atoms with E-state index in [-0.39, 0.29) is 0 Å². The molecule has 1 N–H and O–H groups in total. The second kappa shape index (κ2) is 6.87. The fourth-order valence-electron chi connectivity index (χ4n) is 2.39. The van der Waals surface area contributed by atoms with Gasteiger partial charge in [0.05, 0.1) is 11.3 Å². The molecule has 0 radical (unpaired) electrons. The van der Waals surface area contributed by atoms with Crippen LogP contribution in [0.3, 0.4) is 0 Å². The van der Waals surface area contributed by atoms with Crippen LogP contribution in [0.5, 0.6) is 17.5 Å². The molecule has 2 aromatic rings. The number of hydrogen-bond donors (Lipinski definition) is 1. The average Bonchev–Trinajstić information content (AvgIpc) is 2.55. The number of ether oxygens (including phenoxy) is 2. The van der Waals surface area contributed by atoms with Crippen LogP contribution in [0.25, 0.3) is 0 Å². The Bertz CT molecular complexity index is 683. The lowest BCUT2D eigenvalue weighted by molar-refractivity contribution is 0.0683. The van der Waals surface area contributed by atoms with Gasteiger partial charge >= 0.3 is 0 Å². The molecule has 0 saturated carbocycles. The lowest BCUT2D eigenvalue weighted by Crippen LogP contribution is -2.44. The van der Waals surface area contributed by atoms with Gasteiger partial charge in [0.1, 0.15) is 18.6 Å². The number of hydrogen-bond acceptors (Lipinski definition) is 6. The zero-order valence-corrected chi connectivity index (χ0v) is 13.1. The number of alkyl halides is 1. The first kappa shape index (κ1) is 15.6. The first-order valence-electron chi connectivity index (χ1n) is 7.57. The number of pyridine rings is 1. The van der Waals surface area contributed by atoms with E-state index in [1.807, 2.05) is 13.0 Å². The Morgan fingerprint density at radius 1 is 1.22 bits per heavy atom. The van der Waals surface area contributed by atoms with Crippen LogP contribution in [0.2, 0.25) is 0 Å². The maximum Gasteiger partial charge on any atom is 0.229 e. The van der Waals surface area contributed by atoms with Crippen molar-refractivity contribution >= 4 is 0 Å². The van der Waals surface area contributed by atoms with Gasteiger partial charge in [0, 0.05) is 12.7 Å². The van der Waals surface area contributed by atoms with Crippen molar-refractivity contribution in [3.63, 3.8) is 0 Å². The SMILES string of the molecule is Cc1ncccc1Oc1ncnc(O[C@@H]2CCNC[C@H]2F)c1C. The Hall–Kier alpha value is -2.28. The summed E-state index contributed by atoms with van der Waals surface area (Å²) in [4.78, 5) is 12.4. The molecule has 7 heteroatoms. The molecule has 1 aliphatic rings. The number of rotatable bonds is 4. The fourth-order valence-corrected chi connectivity index (χ4v) is 2.39. The minimum absolute atomic E-state index is 0.299. The van der Waals surface area contributed by atoms with Gasteiger partial charge in [-0.15, -0.1) is 0 Å². The normalized spacial score (nSPS) is 21.0. The van der Waals surface area contributed by atoms with Gasteiger partial charge in [-0.2, -0.15) is 0 Å². The van der Waals surface area contributed by atoms with E-state index in [9.17, 15) is 4.39 Å². The highest BCUT2D eigenvalue weighted by atomic mass is 19.1. The van der Waals surface area contributed by atoms with E-state index in [0.717, 1.165) is 12.2 Å². The molecule has 122 valence electrons. The maximum atomic E-state index is 13.9. The summed E-state index contributed by atoms with van der Waals surface area (Å²) in [5.41, 5.74) is 1.40. The molecule has 2 atom stereocenters. The molecule has 0 aliphatic carbocycles. The van der Waals surface area contributed by atoms with Crippen LogP contribution in [-0.2, 0) is 0 Å². The first-order valence-corrected chi connectivity index (χ1v) is 7.57. The number of halogens is 1. The van der Waals surface area contributed by atoms with Gasteiger partial charge in [0.25, 0.3) is 0 Å². The molecule has 0 amide bonds.